The number of amides is 4. The van der Waals surface area contributed by atoms with E-state index in [0.717, 1.165) is 81.7 Å². The minimum atomic E-state index is -0.693. The van der Waals surface area contributed by atoms with Gasteiger partial charge in [0.15, 0.2) is 0 Å². The number of thiophene rings is 2. The van der Waals surface area contributed by atoms with Crippen molar-refractivity contribution in [1.82, 2.24) is 40.4 Å². The number of fused-ring (bicyclic) bond motifs is 3. The van der Waals surface area contributed by atoms with Crippen molar-refractivity contribution in [2.45, 2.75) is 77.5 Å². The van der Waals surface area contributed by atoms with Crippen molar-refractivity contribution < 1.29 is 28.7 Å². The van der Waals surface area contributed by atoms with Crippen LogP contribution in [-0.2, 0) is 19.1 Å². The number of H-pyrrole nitrogens is 2. The van der Waals surface area contributed by atoms with Crippen LogP contribution in [0, 0.1) is 11.8 Å². The molecule has 0 saturated carbocycles. The van der Waals surface area contributed by atoms with Crippen LogP contribution in [0.4, 0.5) is 9.59 Å². The van der Waals surface area contributed by atoms with Crippen molar-refractivity contribution in [3.05, 3.63) is 58.8 Å². The second-order valence-corrected chi connectivity index (χ2v) is 17.5. The lowest BCUT2D eigenvalue weighted by atomic mass is 10.0. The summed E-state index contributed by atoms with van der Waals surface area (Å²) in [6.07, 6.45) is 2.01. The van der Waals surface area contributed by atoms with Gasteiger partial charge in [0, 0.05) is 35.0 Å². The van der Waals surface area contributed by atoms with Gasteiger partial charge in [-0.1, -0.05) is 39.8 Å². The zero-order valence-electron chi connectivity index (χ0n) is 33.4. The molecule has 2 fully saturated rings. The van der Waals surface area contributed by atoms with Gasteiger partial charge < -0.3 is 39.9 Å². The molecule has 0 spiro atoms. The van der Waals surface area contributed by atoms with Gasteiger partial charge in [0.25, 0.3) is 0 Å². The maximum Gasteiger partial charge on any atom is 0.407 e. The fraction of sp³-hybridized carbons (Fsp3) is 0.429. The Balaban J connectivity index is 1.02. The molecule has 8 rings (SSSR count). The molecule has 6 heterocycles. The molecule has 0 radical (unpaired) electrons. The second-order valence-electron chi connectivity index (χ2n) is 15.8. The number of likely N-dealkylation sites (tertiary alicyclic amines) is 2. The van der Waals surface area contributed by atoms with Crippen molar-refractivity contribution >= 4 is 78.1 Å². The number of imidazole rings is 2. The number of aromatic nitrogens is 4. The number of rotatable bonds is 10. The second kappa shape index (κ2) is 16.0. The highest BCUT2D eigenvalue weighted by Crippen LogP contribution is 2.45. The summed E-state index contributed by atoms with van der Waals surface area (Å²) >= 11 is 3.44. The third-order valence-electron chi connectivity index (χ3n) is 11.4. The lowest BCUT2D eigenvalue weighted by molar-refractivity contribution is -0.136. The molecule has 16 heteroatoms. The monoisotopic (exact) mass is 824 g/mol. The summed E-state index contributed by atoms with van der Waals surface area (Å²) < 4.78 is 12.0. The number of hydrogen-bond acceptors (Lipinski definition) is 10. The van der Waals surface area contributed by atoms with Gasteiger partial charge in [-0.2, -0.15) is 0 Å². The van der Waals surface area contributed by atoms with Crippen molar-refractivity contribution in [1.29, 1.82) is 0 Å². The Bertz CT molecular complexity index is 2350. The number of aromatic amines is 2. The molecule has 2 aliphatic rings. The van der Waals surface area contributed by atoms with Crippen molar-refractivity contribution in [2.75, 3.05) is 27.3 Å². The Labute approximate surface area is 343 Å². The molecule has 4 aromatic heterocycles. The van der Waals surface area contributed by atoms with Crippen LogP contribution in [0.15, 0.2) is 47.2 Å². The van der Waals surface area contributed by atoms with Crippen LogP contribution in [0.3, 0.4) is 0 Å². The topological polar surface area (TPSA) is 175 Å². The van der Waals surface area contributed by atoms with E-state index >= 15 is 0 Å². The molecule has 2 unspecified atom stereocenters. The highest BCUT2D eigenvalue weighted by molar-refractivity contribution is 7.27. The molecule has 6 aromatic rings. The van der Waals surface area contributed by atoms with Crippen LogP contribution >= 0.6 is 22.7 Å². The first-order valence-electron chi connectivity index (χ1n) is 19.7. The normalized spacial score (nSPS) is 18.1. The Kier molecular flexibility index (Phi) is 10.9. The van der Waals surface area contributed by atoms with Crippen molar-refractivity contribution in [3.63, 3.8) is 0 Å². The molecule has 2 aromatic carbocycles. The van der Waals surface area contributed by atoms with Crippen LogP contribution in [-0.4, -0.2) is 93.1 Å². The zero-order valence-corrected chi connectivity index (χ0v) is 35.0. The average Bonchev–Trinajstić information content (AvgIpc) is 4.07. The van der Waals surface area contributed by atoms with E-state index in [-0.39, 0.29) is 35.7 Å². The number of nitrogens with zero attached hydrogens (tertiary/aromatic N) is 4. The third kappa shape index (κ3) is 7.27. The number of nitrogens with one attached hydrogen (secondary N) is 4. The molecule has 4 atom stereocenters. The summed E-state index contributed by atoms with van der Waals surface area (Å²) in [6, 6.07) is 10.7. The average molecular weight is 825 g/mol. The first kappa shape index (κ1) is 39.4. The largest absolute Gasteiger partial charge is 0.453 e. The van der Waals surface area contributed by atoms with Gasteiger partial charge >= 0.3 is 12.2 Å². The number of carbonyl (C=O) groups excluding carboxylic acids is 4. The molecule has 2 saturated heterocycles. The minimum Gasteiger partial charge on any atom is -0.453 e. The predicted molar refractivity (Wildman–Crippen MR) is 226 cm³/mol. The van der Waals surface area contributed by atoms with Gasteiger partial charge in [0.1, 0.15) is 23.7 Å². The maximum atomic E-state index is 13.7. The van der Waals surface area contributed by atoms with Gasteiger partial charge in [-0.15, -0.1) is 22.7 Å². The first-order valence-corrected chi connectivity index (χ1v) is 21.5. The van der Waals surface area contributed by atoms with Crippen LogP contribution in [0.2, 0.25) is 0 Å². The first-order chi connectivity index (χ1) is 27.9. The van der Waals surface area contributed by atoms with E-state index in [1.807, 2.05) is 49.6 Å². The molecule has 58 heavy (non-hydrogen) atoms. The quantitative estimate of drug-likeness (QED) is 0.107. The summed E-state index contributed by atoms with van der Waals surface area (Å²) in [4.78, 5) is 72.0. The molecule has 0 bridgehead atoms. The number of alkyl carbamates (subject to hydrolysis) is 2. The predicted octanol–water partition coefficient (Wildman–Crippen LogP) is 8.14. The molecule has 2 aliphatic heterocycles. The maximum absolute atomic E-state index is 13.7. The highest BCUT2D eigenvalue weighted by atomic mass is 32.1. The Morgan fingerprint density at radius 2 is 1.10 bits per heavy atom. The Morgan fingerprint density at radius 3 is 1.48 bits per heavy atom. The van der Waals surface area contributed by atoms with E-state index < -0.39 is 24.3 Å². The summed E-state index contributed by atoms with van der Waals surface area (Å²) in [6.45, 7) is 8.82. The van der Waals surface area contributed by atoms with E-state index in [4.69, 9.17) is 19.4 Å². The lowest BCUT2D eigenvalue weighted by Crippen LogP contribution is -2.51. The number of carbonyl (C=O) groups is 4. The van der Waals surface area contributed by atoms with E-state index in [2.05, 4.69) is 55.6 Å². The fourth-order valence-electron chi connectivity index (χ4n) is 8.31. The summed E-state index contributed by atoms with van der Waals surface area (Å²) in [5, 5.41) is 9.85. The number of benzene rings is 2. The Hall–Kier alpha value is -5.48. The molecular weight excluding hydrogens is 777 g/mol. The van der Waals surface area contributed by atoms with E-state index in [9.17, 15) is 19.2 Å². The van der Waals surface area contributed by atoms with Gasteiger partial charge in [0.2, 0.25) is 11.8 Å². The molecule has 4 amide bonds. The minimum absolute atomic E-state index is 0.109. The molecule has 4 N–H and O–H groups in total. The molecule has 304 valence electrons. The van der Waals surface area contributed by atoms with Gasteiger partial charge in [0.05, 0.1) is 57.8 Å². The van der Waals surface area contributed by atoms with E-state index in [1.54, 1.807) is 22.7 Å². The molecule has 14 nitrogen and oxygen atoms in total. The van der Waals surface area contributed by atoms with Gasteiger partial charge in [-0.05, 0) is 72.9 Å². The van der Waals surface area contributed by atoms with Crippen LogP contribution in [0.1, 0.15) is 77.1 Å². The van der Waals surface area contributed by atoms with Crippen molar-refractivity contribution in [3.8, 4) is 22.3 Å². The van der Waals surface area contributed by atoms with Crippen molar-refractivity contribution in [2.24, 2.45) is 11.8 Å². The standard InChI is InChI=1S/C42H48N8O6S2/c1-21(2)33(47-41(53)55-5)39(51)49-15-7-9-31(49)37-43-27-13-11-23(17-29(27)45-37)25-19-57-36-26(20-58-35(25)36)24-12-14-28-30(18-24)46-38(44-28)32-10-8-16-50(32)40(52)34(22(3)4)48-42(54)56-6/h11-14,17-22,31-34H,7-10,15-16H2,1-6H3,(H,43,45)(H,44,46)(H,47,53)(H,48,54)/t31?,32?,33-,34+. The van der Waals surface area contributed by atoms with E-state index in [1.165, 1.54) is 23.6 Å². The van der Waals surface area contributed by atoms with Crippen LogP contribution < -0.4 is 10.6 Å². The fourth-order valence-corrected chi connectivity index (χ4v) is 10.8. The molecule has 0 aliphatic carbocycles. The summed E-state index contributed by atoms with van der Waals surface area (Å²) in [7, 11) is 2.59. The van der Waals surface area contributed by atoms with Crippen LogP contribution in [0.5, 0.6) is 0 Å². The van der Waals surface area contributed by atoms with Gasteiger partial charge in [-0.25, -0.2) is 19.6 Å². The summed E-state index contributed by atoms with van der Waals surface area (Å²) in [5.74, 6) is 0.997. The highest BCUT2D eigenvalue weighted by Gasteiger charge is 2.39. The summed E-state index contributed by atoms with van der Waals surface area (Å²) in [5.41, 5.74) is 7.93. The van der Waals surface area contributed by atoms with Crippen LogP contribution in [0.25, 0.3) is 53.7 Å². The lowest BCUT2D eigenvalue weighted by Gasteiger charge is -2.29. The SMILES string of the molecule is COC(=O)N[C@H](C(=O)N1CCCC1c1nc2ccc(-c3csc4c(-c5ccc6nc(C7CCCN7C(=O)[C@H](NC(=O)OC)C(C)C)[nH]c6c5)csc34)cc2[nH]1)C(C)C. The third-order valence-corrected chi connectivity index (χ3v) is 13.5. The van der Waals surface area contributed by atoms with Gasteiger partial charge in [-0.3, -0.25) is 9.59 Å². The Morgan fingerprint density at radius 1 is 0.690 bits per heavy atom. The smallest absolute Gasteiger partial charge is 0.407 e. The number of ether oxygens (including phenoxy) is 2. The van der Waals surface area contributed by atoms with E-state index in [0.29, 0.717) is 13.1 Å². The zero-order chi connectivity index (χ0) is 40.8. The number of hydrogen-bond donors (Lipinski definition) is 4. The number of methoxy groups -OCH3 is 2. The molecular formula is C42H48N8O6S2.